The number of aryl methyl sites for hydroxylation is 2. The quantitative estimate of drug-likeness (QED) is 0.787. The van der Waals surface area contributed by atoms with Gasteiger partial charge in [0.2, 0.25) is 5.91 Å². The fourth-order valence-corrected chi connectivity index (χ4v) is 2.39. The highest BCUT2D eigenvalue weighted by atomic mass is 16.2. The van der Waals surface area contributed by atoms with Crippen LogP contribution in [0.2, 0.25) is 0 Å². The Morgan fingerprint density at radius 2 is 1.91 bits per heavy atom. The molecule has 0 aliphatic rings. The second kappa shape index (κ2) is 6.48. The molecule has 0 atom stereocenters. The van der Waals surface area contributed by atoms with Crippen LogP contribution < -0.4 is 5.32 Å². The molecule has 0 spiro atoms. The standard InChI is InChI=1S/C17H19N5O/c1-13-4-3-5-15(10-13)11-21-9-7-16(20-21)18-17(23)12-22-8-6-14(2)19-22/h3-10H,11-12H2,1-2H3,(H,18,20,23). The van der Waals surface area contributed by atoms with Crippen LogP contribution in [0.4, 0.5) is 5.82 Å². The van der Waals surface area contributed by atoms with Gasteiger partial charge >= 0.3 is 0 Å². The molecule has 0 unspecified atom stereocenters. The number of nitrogens with one attached hydrogen (secondary N) is 1. The number of anilines is 1. The second-order valence-electron chi connectivity index (χ2n) is 5.59. The number of amides is 1. The highest BCUT2D eigenvalue weighted by Gasteiger charge is 2.07. The highest BCUT2D eigenvalue weighted by Crippen LogP contribution is 2.08. The molecule has 0 bridgehead atoms. The third-order valence-corrected chi connectivity index (χ3v) is 3.41. The summed E-state index contributed by atoms with van der Waals surface area (Å²) in [5.74, 6) is 0.403. The molecule has 6 heteroatoms. The van der Waals surface area contributed by atoms with Crippen LogP contribution in [0.5, 0.6) is 0 Å². The summed E-state index contributed by atoms with van der Waals surface area (Å²) in [5.41, 5.74) is 3.29. The smallest absolute Gasteiger partial charge is 0.247 e. The Labute approximate surface area is 134 Å². The number of carbonyl (C=O) groups excluding carboxylic acids is 1. The van der Waals surface area contributed by atoms with Gasteiger partial charge in [0.15, 0.2) is 5.82 Å². The Morgan fingerprint density at radius 1 is 1.09 bits per heavy atom. The molecule has 23 heavy (non-hydrogen) atoms. The number of carbonyl (C=O) groups is 1. The fraction of sp³-hybridized carbons (Fsp3) is 0.235. The van der Waals surface area contributed by atoms with Crippen LogP contribution in [0.15, 0.2) is 48.8 Å². The second-order valence-corrected chi connectivity index (χ2v) is 5.59. The number of nitrogens with zero attached hydrogens (tertiary/aromatic N) is 4. The van der Waals surface area contributed by atoms with E-state index in [1.807, 2.05) is 29.9 Å². The van der Waals surface area contributed by atoms with E-state index < -0.39 is 0 Å². The van der Waals surface area contributed by atoms with Crippen LogP contribution in [-0.2, 0) is 17.9 Å². The molecule has 2 aromatic heterocycles. The van der Waals surface area contributed by atoms with Crippen molar-refractivity contribution in [3.05, 3.63) is 65.6 Å². The Morgan fingerprint density at radius 3 is 2.65 bits per heavy atom. The van der Waals surface area contributed by atoms with E-state index in [0.29, 0.717) is 12.4 Å². The lowest BCUT2D eigenvalue weighted by atomic mass is 10.1. The summed E-state index contributed by atoms with van der Waals surface area (Å²) in [6.45, 7) is 4.81. The molecule has 6 nitrogen and oxygen atoms in total. The summed E-state index contributed by atoms with van der Waals surface area (Å²) >= 11 is 0. The molecule has 1 aromatic carbocycles. The predicted molar refractivity (Wildman–Crippen MR) is 88.1 cm³/mol. The molecule has 3 rings (SSSR count). The molecule has 0 aliphatic heterocycles. The van der Waals surface area contributed by atoms with Gasteiger partial charge in [-0.05, 0) is 25.5 Å². The summed E-state index contributed by atoms with van der Waals surface area (Å²) < 4.78 is 3.41. The van der Waals surface area contributed by atoms with Crippen LogP contribution in [0.1, 0.15) is 16.8 Å². The Hall–Kier alpha value is -2.89. The molecular weight excluding hydrogens is 290 g/mol. The minimum absolute atomic E-state index is 0.145. The zero-order valence-corrected chi connectivity index (χ0v) is 13.2. The van der Waals surface area contributed by atoms with E-state index >= 15 is 0 Å². The van der Waals surface area contributed by atoms with Gasteiger partial charge in [0.1, 0.15) is 6.54 Å². The maximum absolute atomic E-state index is 12.0. The van der Waals surface area contributed by atoms with E-state index in [0.717, 1.165) is 5.69 Å². The maximum atomic E-state index is 12.0. The Kier molecular flexibility index (Phi) is 4.23. The first kappa shape index (κ1) is 15.0. The first-order valence-electron chi connectivity index (χ1n) is 7.47. The van der Waals surface area contributed by atoms with Crippen LogP contribution in [0.25, 0.3) is 0 Å². The van der Waals surface area contributed by atoms with Crippen molar-refractivity contribution in [3.63, 3.8) is 0 Å². The highest BCUT2D eigenvalue weighted by molar-refractivity contribution is 5.89. The summed E-state index contributed by atoms with van der Waals surface area (Å²) in [4.78, 5) is 12.0. The Balaban J connectivity index is 1.59. The SMILES string of the molecule is Cc1cccc(Cn2ccc(NC(=O)Cn3ccc(C)n3)n2)c1. The molecule has 3 aromatic rings. The first-order valence-corrected chi connectivity index (χ1v) is 7.47. The van der Waals surface area contributed by atoms with Crippen molar-refractivity contribution in [2.24, 2.45) is 0 Å². The lowest BCUT2D eigenvalue weighted by Gasteiger charge is -2.04. The van der Waals surface area contributed by atoms with Gasteiger partial charge in [-0.15, -0.1) is 0 Å². The van der Waals surface area contributed by atoms with Gasteiger partial charge in [-0.25, -0.2) is 0 Å². The van der Waals surface area contributed by atoms with Crippen LogP contribution in [0.3, 0.4) is 0 Å². The number of benzene rings is 1. The fourth-order valence-electron chi connectivity index (χ4n) is 2.39. The van der Waals surface area contributed by atoms with Gasteiger partial charge in [0.05, 0.1) is 12.2 Å². The van der Waals surface area contributed by atoms with Crippen LogP contribution in [-0.4, -0.2) is 25.5 Å². The minimum atomic E-state index is -0.145. The number of aromatic nitrogens is 4. The van der Waals surface area contributed by atoms with E-state index in [2.05, 4.69) is 40.6 Å². The van der Waals surface area contributed by atoms with Crippen molar-refractivity contribution < 1.29 is 4.79 Å². The molecule has 0 aliphatic carbocycles. The summed E-state index contributed by atoms with van der Waals surface area (Å²) in [7, 11) is 0. The van der Waals surface area contributed by atoms with Crippen molar-refractivity contribution >= 4 is 11.7 Å². The van der Waals surface area contributed by atoms with E-state index in [1.54, 1.807) is 16.9 Å². The molecule has 0 saturated carbocycles. The zero-order chi connectivity index (χ0) is 16.2. The molecule has 0 saturated heterocycles. The normalized spacial score (nSPS) is 10.7. The van der Waals surface area contributed by atoms with Crippen LogP contribution in [0, 0.1) is 13.8 Å². The third-order valence-electron chi connectivity index (χ3n) is 3.41. The molecular formula is C17H19N5O. The van der Waals surface area contributed by atoms with Gasteiger partial charge in [-0.1, -0.05) is 29.8 Å². The largest absolute Gasteiger partial charge is 0.308 e. The summed E-state index contributed by atoms with van der Waals surface area (Å²) in [5, 5.41) is 11.4. The van der Waals surface area contributed by atoms with E-state index in [4.69, 9.17) is 0 Å². The zero-order valence-electron chi connectivity index (χ0n) is 13.2. The van der Waals surface area contributed by atoms with Crippen molar-refractivity contribution in [2.75, 3.05) is 5.32 Å². The van der Waals surface area contributed by atoms with Gasteiger partial charge in [0, 0.05) is 18.5 Å². The molecule has 2 heterocycles. The third kappa shape index (κ3) is 4.06. The van der Waals surface area contributed by atoms with E-state index in [9.17, 15) is 4.79 Å². The lowest BCUT2D eigenvalue weighted by Crippen LogP contribution is -2.19. The lowest BCUT2D eigenvalue weighted by molar-refractivity contribution is -0.116. The number of rotatable bonds is 5. The number of hydrogen-bond acceptors (Lipinski definition) is 3. The average Bonchev–Trinajstić information content (AvgIpc) is 3.08. The van der Waals surface area contributed by atoms with Gasteiger partial charge in [-0.2, -0.15) is 10.2 Å². The van der Waals surface area contributed by atoms with Crippen molar-refractivity contribution in [3.8, 4) is 0 Å². The molecule has 118 valence electrons. The van der Waals surface area contributed by atoms with E-state index in [1.165, 1.54) is 11.1 Å². The molecule has 0 fully saturated rings. The molecule has 1 amide bonds. The Bertz CT molecular complexity index is 818. The summed E-state index contributed by atoms with van der Waals surface area (Å²) in [6.07, 6.45) is 3.64. The first-order chi connectivity index (χ1) is 11.1. The predicted octanol–water partition coefficient (Wildman–Crippen LogP) is 2.38. The van der Waals surface area contributed by atoms with Crippen molar-refractivity contribution in [2.45, 2.75) is 26.9 Å². The van der Waals surface area contributed by atoms with Crippen LogP contribution >= 0.6 is 0 Å². The summed E-state index contributed by atoms with van der Waals surface area (Å²) in [6, 6.07) is 11.9. The van der Waals surface area contributed by atoms with Gasteiger partial charge in [0.25, 0.3) is 0 Å². The minimum Gasteiger partial charge on any atom is -0.308 e. The van der Waals surface area contributed by atoms with Gasteiger partial charge in [-0.3, -0.25) is 14.2 Å². The monoisotopic (exact) mass is 309 g/mol. The van der Waals surface area contributed by atoms with Gasteiger partial charge < -0.3 is 5.32 Å². The van der Waals surface area contributed by atoms with Crippen molar-refractivity contribution in [1.29, 1.82) is 0 Å². The number of hydrogen-bond donors (Lipinski definition) is 1. The molecule has 1 N–H and O–H groups in total. The van der Waals surface area contributed by atoms with E-state index in [-0.39, 0.29) is 12.5 Å². The van der Waals surface area contributed by atoms with Crippen molar-refractivity contribution in [1.82, 2.24) is 19.6 Å². The maximum Gasteiger partial charge on any atom is 0.247 e. The topological polar surface area (TPSA) is 64.7 Å². The molecule has 0 radical (unpaired) electrons. The average molecular weight is 309 g/mol.